The van der Waals surface area contributed by atoms with E-state index in [9.17, 15) is 35.1 Å². The fourth-order valence-electron chi connectivity index (χ4n) is 2.11. The smallest absolute Gasteiger partial charge is 0.207 e. The fourth-order valence-corrected chi connectivity index (χ4v) is 2.11. The third-order valence-electron chi connectivity index (χ3n) is 3.39. The lowest BCUT2D eigenvalue weighted by atomic mass is 9.60. The Morgan fingerprint density at radius 3 is 2.12 bits per heavy atom. The molecule has 0 amide bonds. The van der Waals surface area contributed by atoms with E-state index in [1.165, 1.54) is 0 Å². The molecule has 10 heteroatoms. The number of alkyl halides is 2. The highest BCUT2D eigenvalue weighted by Gasteiger charge is 2.43. The zero-order chi connectivity index (χ0) is 18.4. The van der Waals surface area contributed by atoms with Gasteiger partial charge in [-0.15, -0.1) is 0 Å². The summed E-state index contributed by atoms with van der Waals surface area (Å²) < 4.78 is 113. The largest absolute Gasteiger partial charge is 0.491 e. The van der Waals surface area contributed by atoms with Crippen molar-refractivity contribution in [2.75, 3.05) is 7.11 Å². The summed E-state index contributed by atoms with van der Waals surface area (Å²) in [4.78, 5) is 0. The molecule has 1 aliphatic rings. The normalized spacial score (nSPS) is 24.1. The van der Waals surface area contributed by atoms with Gasteiger partial charge in [-0.2, -0.15) is 4.39 Å². The van der Waals surface area contributed by atoms with Crippen LogP contribution in [0, 0.1) is 23.3 Å². The molecule has 2 atom stereocenters. The standard InChI is InChI=1S/C14H8BF8O/c1-14(23)3-4(16)5(9(19)13(14)22)15-6-7(17)10(20)11(21)12(24-2)8(6)18/h3,13H,1-2H3. The molecule has 0 aromatic heterocycles. The molecule has 24 heavy (non-hydrogen) atoms. The molecule has 0 aliphatic heterocycles. The second-order valence-electron chi connectivity index (χ2n) is 5.11. The Hall–Kier alpha value is -2.00. The minimum Gasteiger partial charge on any atom is -0.491 e. The Morgan fingerprint density at radius 2 is 1.58 bits per heavy atom. The first-order valence-corrected chi connectivity index (χ1v) is 6.39. The molecule has 2 unspecified atom stereocenters. The second-order valence-corrected chi connectivity index (χ2v) is 5.11. The average Bonchev–Trinajstić information content (AvgIpc) is 2.50. The molecular weight excluding hydrogens is 347 g/mol. The van der Waals surface area contributed by atoms with E-state index in [1.54, 1.807) is 0 Å². The predicted molar refractivity (Wildman–Crippen MR) is 69.9 cm³/mol. The van der Waals surface area contributed by atoms with Gasteiger partial charge in [0.2, 0.25) is 13.1 Å². The van der Waals surface area contributed by atoms with Crippen molar-refractivity contribution in [2.45, 2.75) is 18.8 Å². The van der Waals surface area contributed by atoms with Gasteiger partial charge in [-0.1, -0.05) is 0 Å². The molecule has 0 saturated heterocycles. The first-order chi connectivity index (χ1) is 11.0. The average molecular weight is 355 g/mol. The lowest BCUT2D eigenvalue weighted by Gasteiger charge is -2.26. The van der Waals surface area contributed by atoms with E-state index < -0.39 is 63.4 Å². The third-order valence-corrected chi connectivity index (χ3v) is 3.39. The molecule has 0 heterocycles. The van der Waals surface area contributed by atoms with Gasteiger partial charge in [0.1, 0.15) is 11.7 Å². The number of hydrogen-bond acceptors (Lipinski definition) is 1. The number of halogens is 8. The minimum absolute atomic E-state index is 0.0681. The first-order valence-electron chi connectivity index (χ1n) is 6.39. The quantitative estimate of drug-likeness (QED) is 0.348. The summed E-state index contributed by atoms with van der Waals surface area (Å²) in [5.74, 6) is -13.0. The van der Waals surface area contributed by atoms with Gasteiger partial charge >= 0.3 is 0 Å². The van der Waals surface area contributed by atoms with Crippen LogP contribution in [0.3, 0.4) is 0 Å². The van der Waals surface area contributed by atoms with Crippen molar-refractivity contribution >= 4 is 12.7 Å². The van der Waals surface area contributed by atoms with E-state index in [4.69, 9.17) is 0 Å². The number of allylic oxidation sites excluding steroid dienone is 4. The molecule has 1 aromatic rings. The van der Waals surface area contributed by atoms with E-state index in [-0.39, 0.29) is 13.4 Å². The van der Waals surface area contributed by atoms with Gasteiger partial charge in [0, 0.05) is 0 Å². The van der Waals surface area contributed by atoms with E-state index in [1.807, 2.05) is 0 Å². The summed E-state index contributed by atoms with van der Waals surface area (Å²) in [6.07, 6.45) is -2.87. The number of benzene rings is 1. The summed E-state index contributed by atoms with van der Waals surface area (Å²) in [6, 6.07) is 0. The summed E-state index contributed by atoms with van der Waals surface area (Å²) in [5.41, 5.74) is -5.76. The molecule has 0 N–H and O–H groups in total. The Bertz CT molecular complexity index is 756. The Morgan fingerprint density at radius 1 is 1.00 bits per heavy atom. The van der Waals surface area contributed by atoms with Crippen LogP contribution in [0.1, 0.15) is 6.92 Å². The van der Waals surface area contributed by atoms with Gasteiger partial charge in [-0.25, -0.2) is 30.7 Å². The highest BCUT2D eigenvalue weighted by molar-refractivity contribution is 6.62. The van der Waals surface area contributed by atoms with Crippen molar-refractivity contribution in [1.82, 2.24) is 0 Å². The highest BCUT2D eigenvalue weighted by atomic mass is 19.2. The monoisotopic (exact) mass is 355 g/mol. The Labute approximate surface area is 131 Å². The van der Waals surface area contributed by atoms with Crippen LogP contribution in [0.2, 0.25) is 0 Å². The van der Waals surface area contributed by atoms with Gasteiger partial charge < -0.3 is 4.74 Å². The molecule has 1 radical (unpaired) electrons. The predicted octanol–water partition coefficient (Wildman–Crippen LogP) is 3.70. The summed E-state index contributed by atoms with van der Waals surface area (Å²) in [5, 5.41) is 0. The zero-order valence-corrected chi connectivity index (χ0v) is 12.2. The number of hydrogen-bond donors (Lipinski definition) is 0. The zero-order valence-electron chi connectivity index (χ0n) is 12.2. The van der Waals surface area contributed by atoms with Crippen LogP contribution in [0.4, 0.5) is 35.1 Å². The van der Waals surface area contributed by atoms with Crippen LogP contribution >= 0.6 is 0 Å². The lowest BCUT2D eigenvalue weighted by Crippen LogP contribution is -2.37. The van der Waals surface area contributed by atoms with E-state index >= 15 is 0 Å². The van der Waals surface area contributed by atoms with Crippen LogP contribution in [0.5, 0.6) is 5.75 Å². The summed E-state index contributed by atoms with van der Waals surface area (Å²) >= 11 is 0. The second kappa shape index (κ2) is 6.14. The van der Waals surface area contributed by atoms with Crippen LogP contribution in [0.25, 0.3) is 0 Å². The summed E-state index contributed by atoms with van der Waals surface area (Å²) in [7, 11) is 0.814. The van der Waals surface area contributed by atoms with Crippen LogP contribution in [-0.4, -0.2) is 26.2 Å². The van der Waals surface area contributed by atoms with Gasteiger partial charge in [0.25, 0.3) is 0 Å². The first kappa shape index (κ1) is 18.3. The number of methoxy groups -OCH3 is 1. The van der Waals surface area contributed by atoms with Gasteiger partial charge in [-0.3, -0.25) is 0 Å². The Kier molecular flexibility index (Phi) is 4.69. The van der Waals surface area contributed by atoms with Gasteiger partial charge in [-0.05, 0) is 23.9 Å². The fraction of sp³-hybridized carbons (Fsp3) is 0.286. The van der Waals surface area contributed by atoms with Crippen molar-refractivity contribution in [1.29, 1.82) is 0 Å². The van der Waals surface area contributed by atoms with E-state index in [0.29, 0.717) is 6.92 Å². The maximum absolute atomic E-state index is 14.0. The van der Waals surface area contributed by atoms with Crippen molar-refractivity contribution in [3.8, 4) is 5.75 Å². The third kappa shape index (κ3) is 2.78. The molecular formula is C14H8BF8O. The molecule has 0 spiro atoms. The highest BCUT2D eigenvalue weighted by Crippen LogP contribution is 2.37. The molecule has 2 rings (SSSR count). The SMILES string of the molecule is COc1c(F)c(F)c(F)c([B]C2=C(F)C(F)C(C)(F)C=C2F)c1F. The maximum atomic E-state index is 14.0. The van der Waals surface area contributed by atoms with Crippen molar-refractivity contribution in [3.05, 3.63) is 46.5 Å². The Balaban J connectivity index is 2.59. The van der Waals surface area contributed by atoms with Gasteiger partial charge in [0.05, 0.1) is 7.11 Å². The molecule has 0 saturated carbocycles. The molecule has 1 nitrogen and oxygen atoms in total. The molecule has 0 fully saturated rings. The molecule has 1 aliphatic carbocycles. The van der Waals surface area contributed by atoms with Crippen LogP contribution in [-0.2, 0) is 0 Å². The number of ether oxygens (including phenoxy) is 1. The van der Waals surface area contributed by atoms with E-state index in [0.717, 1.165) is 7.11 Å². The van der Waals surface area contributed by atoms with E-state index in [2.05, 4.69) is 4.74 Å². The minimum atomic E-state index is -3.02. The number of rotatable bonds is 3. The van der Waals surface area contributed by atoms with Crippen molar-refractivity contribution in [3.63, 3.8) is 0 Å². The maximum Gasteiger partial charge on any atom is 0.207 e. The van der Waals surface area contributed by atoms with Gasteiger partial charge in [0.15, 0.2) is 35.0 Å². The molecule has 0 bridgehead atoms. The van der Waals surface area contributed by atoms with Crippen LogP contribution in [0.15, 0.2) is 23.2 Å². The topological polar surface area (TPSA) is 9.23 Å². The van der Waals surface area contributed by atoms with Crippen molar-refractivity contribution in [2.24, 2.45) is 0 Å². The van der Waals surface area contributed by atoms with Crippen molar-refractivity contribution < 1.29 is 39.9 Å². The molecule has 1 aromatic carbocycles. The summed E-state index contributed by atoms with van der Waals surface area (Å²) in [6.45, 7) is 0.551. The lowest BCUT2D eigenvalue weighted by molar-refractivity contribution is 0.114. The van der Waals surface area contributed by atoms with Crippen LogP contribution < -0.4 is 10.2 Å². The molecule has 129 valence electrons.